The number of benzene rings is 2. The minimum absolute atomic E-state index is 0.0610. The predicted molar refractivity (Wildman–Crippen MR) is 109 cm³/mol. The summed E-state index contributed by atoms with van der Waals surface area (Å²) in [6, 6.07) is 13.4. The number of carbonyl (C=O) groups is 1. The monoisotopic (exact) mass is 383 g/mol. The van der Waals surface area contributed by atoms with E-state index in [-0.39, 0.29) is 11.6 Å². The number of methoxy groups -OCH3 is 1. The van der Waals surface area contributed by atoms with Crippen LogP contribution < -0.4 is 10.1 Å². The number of aliphatic hydroxyl groups is 1. The number of fused-ring (bicyclic) bond motifs is 1. The SMILES string of the molecule is COC(=O)c1c(OCc2ccccc2)ccc2c1CC[C@H](NC(C)(C)C)[C@H]2O. The van der Waals surface area contributed by atoms with Crippen LogP contribution in [0, 0.1) is 0 Å². The summed E-state index contributed by atoms with van der Waals surface area (Å²) in [5.41, 5.74) is 2.92. The lowest BCUT2D eigenvalue weighted by Crippen LogP contribution is -2.48. The summed E-state index contributed by atoms with van der Waals surface area (Å²) < 4.78 is 11.0. The number of nitrogens with one attached hydrogen (secondary N) is 1. The van der Waals surface area contributed by atoms with E-state index < -0.39 is 12.1 Å². The molecule has 5 heteroatoms. The molecule has 2 N–H and O–H groups in total. The summed E-state index contributed by atoms with van der Waals surface area (Å²) in [7, 11) is 1.37. The minimum atomic E-state index is -0.686. The van der Waals surface area contributed by atoms with Crippen LogP contribution in [0.4, 0.5) is 0 Å². The van der Waals surface area contributed by atoms with Gasteiger partial charge in [0.05, 0.1) is 13.2 Å². The van der Waals surface area contributed by atoms with E-state index in [1.807, 2.05) is 36.4 Å². The number of aliphatic hydroxyl groups excluding tert-OH is 1. The zero-order valence-electron chi connectivity index (χ0n) is 17.0. The van der Waals surface area contributed by atoms with Crippen molar-refractivity contribution < 1.29 is 19.4 Å². The van der Waals surface area contributed by atoms with Crippen LogP contribution in [-0.2, 0) is 17.8 Å². The average Bonchev–Trinajstić information content (AvgIpc) is 2.67. The van der Waals surface area contributed by atoms with Crippen molar-refractivity contribution in [1.29, 1.82) is 0 Å². The van der Waals surface area contributed by atoms with Gasteiger partial charge in [0.15, 0.2) is 0 Å². The molecule has 0 aliphatic heterocycles. The Morgan fingerprint density at radius 1 is 1.18 bits per heavy atom. The first kappa shape index (κ1) is 20.4. The second kappa shape index (κ2) is 8.33. The highest BCUT2D eigenvalue weighted by molar-refractivity contribution is 5.94. The third kappa shape index (κ3) is 4.54. The van der Waals surface area contributed by atoms with Crippen molar-refractivity contribution >= 4 is 5.97 Å². The van der Waals surface area contributed by atoms with E-state index in [1.165, 1.54) is 7.11 Å². The smallest absolute Gasteiger partial charge is 0.341 e. The molecule has 150 valence electrons. The Morgan fingerprint density at radius 2 is 1.89 bits per heavy atom. The van der Waals surface area contributed by atoms with Gasteiger partial charge in [-0.15, -0.1) is 0 Å². The molecule has 2 aromatic rings. The van der Waals surface area contributed by atoms with E-state index in [0.717, 1.165) is 23.1 Å². The fourth-order valence-corrected chi connectivity index (χ4v) is 3.75. The quantitative estimate of drug-likeness (QED) is 0.769. The molecular formula is C23H29NO4. The number of esters is 1. The minimum Gasteiger partial charge on any atom is -0.488 e. The molecule has 0 aromatic heterocycles. The highest BCUT2D eigenvalue weighted by Crippen LogP contribution is 2.37. The Bertz CT molecular complexity index is 826. The van der Waals surface area contributed by atoms with Crippen molar-refractivity contribution in [1.82, 2.24) is 5.32 Å². The largest absolute Gasteiger partial charge is 0.488 e. The van der Waals surface area contributed by atoms with Crippen molar-refractivity contribution in [2.75, 3.05) is 7.11 Å². The molecule has 3 rings (SSSR count). The number of hydrogen-bond donors (Lipinski definition) is 2. The molecular weight excluding hydrogens is 354 g/mol. The molecule has 0 radical (unpaired) electrons. The maximum atomic E-state index is 12.5. The second-order valence-corrected chi connectivity index (χ2v) is 8.26. The Labute approximate surface area is 166 Å². The molecule has 0 spiro atoms. The molecule has 0 bridgehead atoms. The average molecular weight is 383 g/mol. The lowest BCUT2D eigenvalue weighted by atomic mass is 9.82. The Balaban J connectivity index is 1.91. The lowest BCUT2D eigenvalue weighted by molar-refractivity contribution is 0.0590. The van der Waals surface area contributed by atoms with Crippen LogP contribution in [0.2, 0.25) is 0 Å². The molecule has 5 nitrogen and oxygen atoms in total. The van der Waals surface area contributed by atoms with Gasteiger partial charge in [-0.25, -0.2) is 4.79 Å². The van der Waals surface area contributed by atoms with Crippen LogP contribution >= 0.6 is 0 Å². The fraction of sp³-hybridized carbons (Fsp3) is 0.435. The van der Waals surface area contributed by atoms with Gasteiger partial charge in [0.2, 0.25) is 0 Å². The summed E-state index contributed by atoms with van der Waals surface area (Å²) in [5, 5.41) is 14.4. The Morgan fingerprint density at radius 3 is 2.54 bits per heavy atom. The first-order valence-corrected chi connectivity index (χ1v) is 9.66. The number of rotatable bonds is 5. The van der Waals surface area contributed by atoms with Gasteiger partial charge in [0.25, 0.3) is 0 Å². The Kier molecular flexibility index (Phi) is 6.06. The molecule has 0 unspecified atom stereocenters. The fourth-order valence-electron chi connectivity index (χ4n) is 3.75. The van der Waals surface area contributed by atoms with Crippen LogP contribution in [0.15, 0.2) is 42.5 Å². The second-order valence-electron chi connectivity index (χ2n) is 8.26. The van der Waals surface area contributed by atoms with Gasteiger partial charge in [0, 0.05) is 11.6 Å². The van der Waals surface area contributed by atoms with Crippen LogP contribution in [0.5, 0.6) is 5.75 Å². The zero-order valence-corrected chi connectivity index (χ0v) is 17.0. The number of carbonyl (C=O) groups excluding carboxylic acids is 1. The van der Waals surface area contributed by atoms with Crippen LogP contribution in [-0.4, -0.2) is 29.8 Å². The van der Waals surface area contributed by atoms with Crippen molar-refractivity contribution in [3.8, 4) is 5.75 Å². The summed E-state index contributed by atoms with van der Waals surface area (Å²) in [4.78, 5) is 12.5. The summed E-state index contributed by atoms with van der Waals surface area (Å²) in [5.74, 6) is 0.0539. The van der Waals surface area contributed by atoms with Crippen molar-refractivity contribution in [3.63, 3.8) is 0 Å². The molecule has 1 aliphatic rings. The third-order valence-corrected chi connectivity index (χ3v) is 4.96. The maximum absolute atomic E-state index is 12.5. The molecule has 2 aromatic carbocycles. The molecule has 0 saturated heterocycles. The first-order valence-electron chi connectivity index (χ1n) is 9.66. The van der Waals surface area contributed by atoms with E-state index in [1.54, 1.807) is 6.07 Å². The molecule has 0 saturated carbocycles. The number of ether oxygens (including phenoxy) is 2. The van der Waals surface area contributed by atoms with Gasteiger partial charge in [-0.1, -0.05) is 36.4 Å². The summed E-state index contributed by atoms with van der Waals surface area (Å²) >= 11 is 0. The molecule has 1 aliphatic carbocycles. The molecule has 0 fully saturated rings. The van der Waals surface area contributed by atoms with E-state index >= 15 is 0 Å². The molecule has 2 atom stereocenters. The van der Waals surface area contributed by atoms with Gasteiger partial charge in [-0.05, 0) is 56.4 Å². The van der Waals surface area contributed by atoms with Gasteiger partial charge < -0.3 is 19.9 Å². The van der Waals surface area contributed by atoms with Crippen LogP contribution in [0.25, 0.3) is 0 Å². The van der Waals surface area contributed by atoms with E-state index in [0.29, 0.717) is 24.3 Å². The van der Waals surface area contributed by atoms with Gasteiger partial charge in [0.1, 0.15) is 17.9 Å². The van der Waals surface area contributed by atoms with Crippen LogP contribution in [0.3, 0.4) is 0 Å². The number of hydrogen-bond acceptors (Lipinski definition) is 5. The first-order chi connectivity index (χ1) is 13.3. The summed E-state index contributed by atoms with van der Waals surface area (Å²) in [6.07, 6.45) is 0.722. The van der Waals surface area contributed by atoms with E-state index in [2.05, 4.69) is 26.1 Å². The van der Waals surface area contributed by atoms with Crippen molar-refractivity contribution in [2.24, 2.45) is 0 Å². The normalized spacial score (nSPS) is 19.0. The van der Waals surface area contributed by atoms with Gasteiger partial charge in [-0.2, -0.15) is 0 Å². The molecule has 0 amide bonds. The van der Waals surface area contributed by atoms with Crippen LogP contribution in [0.1, 0.15) is 60.3 Å². The van der Waals surface area contributed by atoms with Gasteiger partial charge >= 0.3 is 5.97 Å². The highest BCUT2D eigenvalue weighted by atomic mass is 16.5. The molecule has 28 heavy (non-hydrogen) atoms. The zero-order chi connectivity index (χ0) is 20.3. The van der Waals surface area contributed by atoms with E-state index in [9.17, 15) is 9.90 Å². The Hall–Kier alpha value is -2.37. The van der Waals surface area contributed by atoms with E-state index in [4.69, 9.17) is 9.47 Å². The topological polar surface area (TPSA) is 67.8 Å². The van der Waals surface area contributed by atoms with Crippen molar-refractivity contribution in [3.05, 3.63) is 64.7 Å². The summed E-state index contributed by atoms with van der Waals surface area (Å²) in [6.45, 7) is 6.60. The maximum Gasteiger partial charge on any atom is 0.341 e. The van der Waals surface area contributed by atoms with Crippen molar-refractivity contribution in [2.45, 2.75) is 57.9 Å². The lowest BCUT2D eigenvalue weighted by Gasteiger charge is -2.36. The van der Waals surface area contributed by atoms with Gasteiger partial charge in [-0.3, -0.25) is 0 Å². The third-order valence-electron chi connectivity index (χ3n) is 4.96. The molecule has 0 heterocycles. The predicted octanol–water partition coefficient (Wildman–Crippen LogP) is 3.79. The highest BCUT2D eigenvalue weighted by Gasteiger charge is 2.34. The standard InChI is InChI=1S/C23H29NO4/c1-23(2,3)24-18-12-10-16-17(21(18)25)11-13-19(20(16)22(26)27-4)28-14-15-8-6-5-7-9-15/h5-9,11,13,18,21,24-25H,10,12,14H2,1-4H3/t18-,21-/m0/s1.